The molecule has 1 atom stereocenters. The van der Waals surface area contributed by atoms with Crippen molar-refractivity contribution in [2.24, 2.45) is 0 Å². The lowest BCUT2D eigenvalue weighted by Crippen LogP contribution is -2.34. The summed E-state index contributed by atoms with van der Waals surface area (Å²) in [4.78, 5) is 10.9. The summed E-state index contributed by atoms with van der Waals surface area (Å²) in [6.07, 6.45) is 2.47. The van der Waals surface area contributed by atoms with Crippen LogP contribution in [0.5, 0.6) is 0 Å². The Morgan fingerprint density at radius 1 is 1.13 bits per heavy atom. The summed E-state index contributed by atoms with van der Waals surface area (Å²) in [5, 5.41) is 0. The molecule has 4 rings (SSSR count). The minimum atomic E-state index is 0.514. The van der Waals surface area contributed by atoms with Gasteiger partial charge in [0.15, 0.2) is 0 Å². The summed E-state index contributed by atoms with van der Waals surface area (Å²) in [5.41, 5.74) is 5.06. The number of aryl methyl sites for hydroxylation is 1. The van der Waals surface area contributed by atoms with Gasteiger partial charge >= 0.3 is 0 Å². The highest BCUT2D eigenvalue weighted by molar-refractivity contribution is 5.74. The van der Waals surface area contributed by atoms with E-state index >= 15 is 0 Å². The molecule has 0 spiro atoms. The van der Waals surface area contributed by atoms with Crippen LogP contribution < -0.4 is 0 Å². The lowest BCUT2D eigenvalue weighted by atomic mass is 9.96. The van der Waals surface area contributed by atoms with Crippen LogP contribution in [0.25, 0.3) is 11.0 Å². The van der Waals surface area contributed by atoms with Crippen LogP contribution in [0.15, 0.2) is 48.5 Å². The first-order valence-corrected chi connectivity index (χ1v) is 8.51. The molecule has 0 amide bonds. The minimum absolute atomic E-state index is 0.514. The van der Waals surface area contributed by atoms with Crippen molar-refractivity contribution in [3.63, 3.8) is 0 Å². The Labute approximate surface area is 137 Å². The molecule has 23 heavy (non-hydrogen) atoms. The quantitative estimate of drug-likeness (QED) is 0.784. The molecule has 0 saturated carbocycles. The fourth-order valence-corrected chi connectivity index (χ4v) is 3.62. The van der Waals surface area contributed by atoms with Gasteiger partial charge in [-0.1, -0.05) is 36.4 Å². The molecule has 1 aliphatic heterocycles. The third-order valence-electron chi connectivity index (χ3n) is 4.96. The van der Waals surface area contributed by atoms with Crippen molar-refractivity contribution >= 4 is 11.0 Å². The number of benzene rings is 2. The standard InChI is InChI=1S/C20H23N3/c1-15-7-2-3-8-16(15)13-23-12-6-9-17(14-23)20-21-18-10-4-5-11-19(18)22-20/h2-5,7-8,10-11,17H,6,9,12-14H2,1H3,(H,21,22)/t17-/m0/s1. The summed E-state index contributed by atoms with van der Waals surface area (Å²) in [6, 6.07) is 17.0. The van der Waals surface area contributed by atoms with Gasteiger partial charge in [-0.25, -0.2) is 4.98 Å². The van der Waals surface area contributed by atoms with E-state index in [0.717, 1.165) is 29.9 Å². The van der Waals surface area contributed by atoms with Gasteiger partial charge in [0.25, 0.3) is 0 Å². The van der Waals surface area contributed by atoms with Crippen molar-refractivity contribution in [1.29, 1.82) is 0 Å². The van der Waals surface area contributed by atoms with E-state index in [1.165, 1.54) is 30.5 Å². The number of hydrogen-bond acceptors (Lipinski definition) is 2. The smallest absolute Gasteiger partial charge is 0.111 e. The number of aromatic nitrogens is 2. The molecule has 3 heteroatoms. The van der Waals surface area contributed by atoms with Gasteiger partial charge in [0, 0.05) is 19.0 Å². The highest BCUT2D eigenvalue weighted by atomic mass is 15.1. The molecule has 0 aliphatic carbocycles. The molecule has 0 bridgehead atoms. The highest BCUT2D eigenvalue weighted by Gasteiger charge is 2.24. The first kappa shape index (κ1) is 14.5. The second kappa shape index (κ2) is 6.17. The summed E-state index contributed by atoms with van der Waals surface area (Å²) in [6.45, 7) is 5.53. The van der Waals surface area contributed by atoms with Gasteiger partial charge in [-0.15, -0.1) is 0 Å². The summed E-state index contributed by atoms with van der Waals surface area (Å²) < 4.78 is 0. The third-order valence-corrected chi connectivity index (χ3v) is 4.96. The van der Waals surface area contributed by atoms with Gasteiger partial charge in [0.05, 0.1) is 11.0 Å². The molecule has 3 nitrogen and oxygen atoms in total. The number of nitrogens with zero attached hydrogens (tertiary/aromatic N) is 2. The van der Waals surface area contributed by atoms with E-state index in [9.17, 15) is 0 Å². The van der Waals surface area contributed by atoms with E-state index in [0.29, 0.717) is 5.92 Å². The van der Waals surface area contributed by atoms with Crippen molar-refractivity contribution in [2.75, 3.05) is 13.1 Å². The number of imidazole rings is 1. The number of para-hydroxylation sites is 2. The molecule has 2 aromatic carbocycles. The first-order valence-electron chi connectivity index (χ1n) is 8.51. The van der Waals surface area contributed by atoms with Crippen LogP contribution in [0.4, 0.5) is 0 Å². The number of nitrogens with one attached hydrogen (secondary N) is 1. The van der Waals surface area contributed by atoms with Crippen molar-refractivity contribution < 1.29 is 0 Å². The maximum Gasteiger partial charge on any atom is 0.111 e. The van der Waals surface area contributed by atoms with Crippen LogP contribution in [0.2, 0.25) is 0 Å². The molecule has 2 heterocycles. The Kier molecular flexibility index (Phi) is 3.88. The van der Waals surface area contributed by atoms with Crippen molar-refractivity contribution in [3.05, 3.63) is 65.5 Å². The Balaban J connectivity index is 1.51. The molecule has 1 fully saturated rings. The van der Waals surface area contributed by atoms with Gasteiger partial charge in [-0.05, 0) is 49.6 Å². The molecular weight excluding hydrogens is 282 g/mol. The second-order valence-corrected chi connectivity index (χ2v) is 6.64. The van der Waals surface area contributed by atoms with E-state index in [4.69, 9.17) is 4.98 Å². The highest BCUT2D eigenvalue weighted by Crippen LogP contribution is 2.27. The number of hydrogen-bond donors (Lipinski definition) is 1. The molecule has 1 saturated heterocycles. The Morgan fingerprint density at radius 3 is 2.83 bits per heavy atom. The summed E-state index contributed by atoms with van der Waals surface area (Å²) >= 11 is 0. The van der Waals surface area contributed by atoms with Crippen molar-refractivity contribution in [1.82, 2.24) is 14.9 Å². The largest absolute Gasteiger partial charge is 0.342 e. The Morgan fingerprint density at radius 2 is 1.96 bits per heavy atom. The zero-order valence-corrected chi connectivity index (χ0v) is 13.6. The van der Waals surface area contributed by atoms with Gasteiger partial charge in [0.2, 0.25) is 0 Å². The summed E-state index contributed by atoms with van der Waals surface area (Å²) in [5.74, 6) is 1.67. The molecule has 0 unspecified atom stereocenters. The van der Waals surface area contributed by atoms with Gasteiger partial charge in [-0.3, -0.25) is 4.90 Å². The zero-order chi connectivity index (χ0) is 15.6. The average molecular weight is 305 g/mol. The zero-order valence-electron chi connectivity index (χ0n) is 13.6. The molecular formula is C20H23N3. The molecule has 1 aliphatic rings. The number of piperidine rings is 1. The maximum atomic E-state index is 4.81. The van der Waals surface area contributed by atoms with Crippen LogP contribution >= 0.6 is 0 Å². The number of aromatic amines is 1. The fraction of sp³-hybridized carbons (Fsp3) is 0.350. The van der Waals surface area contributed by atoms with E-state index in [1.807, 2.05) is 0 Å². The van der Waals surface area contributed by atoms with Crippen LogP contribution in [0.1, 0.15) is 35.7 Å². The lowest BCUT2D eigenvalue weighted by Gasteiger charge is -2.32. The SMILES string of the molecule is Cc1ccccc1CN1CCC[C@H](c2nc3ccccc3[nH]2)C1. The molecule has 118 valence electrons. The normalized spacial score (nSPS) is 19.3. The van der Waals surface area contributed by atoms with Crippen LogP contribution in [0.3, 0.4) is 0 Å². The van der Waals surface area contributed by atoms with Crippen molar-refractivity contribution in [2.45, 2.75) is 32.2 Å². The van der Waals surface area contributed by atoms with Crippen LogP contribution in [-0.4, -0.2) is 28.0 Å². The number of rotatable bonds is 3. The average Bonchev–Trinajstić information content (AvgIpc) is 3.01. The van der Waals surface area contributed by atoms with E-state index in [2.05, 4.69) is 65.3 Å². The number of likely N-dealkylation sites (tertiary alicyclic amines) is 1. The topological polar surface area (TPSA) is 31.9 Å². The van der Waals surface area contributed by atoms with E-state index < -0.39 is 0 Å². The van der Waals surface area contributed by atoms with Gasteiger partial charge < -0.3 is 4.98 Å². The number of H-pyrrole nitrogens is 1. The van der Waals surface area contributed by atoms with Gasteiger partial charge in [0.1, 0.15) is 5.82 Å². The van der Waals surface area contributed by atoms with Gasteiger partial charge in [-0.2, -0.15) is 0 Å². The number of fused-ring (bicyclic) bond motifs is 1. The maximum absolute atomic E-state index is 4.81. The minimum Gasteiger partial charge on any atom is -0.342 e. The third kappa shape index (κ3) is 3.02. The second-order valence-electron chi connectivity index (χ2n) is 6.64. The predicted octanol–water partition coefficient (Wildman–Crippen LogP) is 4.25. The Hall–Kier alpha value is -2.13. The molecule has 3 aromatic rings. The fourth-order valence-electron chi connectivity index (χ4n) is 3.62. The molecule has 1 N–H and O–H groups in total. The summed E-state index contributed by atoms with van der Waals surface area (Å²) in [7, 11) is 0. The van der Waals surface area contributed by atoms with E-state index in [-0.39, 0.29) is 0 Å². The first-order chi connectivity index (χ1) is 11.3. The monoisotopic (exact) mass is 305 g/mol. The van der Waals surface area contributed by atoms with Crippen molar-refractivity contribution in [3.8, 4) is 0 Å². The Bertz CT molecular complexity index is 772. The van der Waals surface area contributed by atoms with Crippen LogP contribution in [-0.2, 0) is 6.54 Å². The van der Waals surface area contributed by atoms with Crippen LogP contribution in [0, 0.1) is 6.92 Å². The lowest BCUT2D eigenvalue weighted by molar-refractivity contribution is 0.197. The molecule has 1 aromatic heterocycles. The van der Waals surface area contributed by atoms with E-state index in [1.54, 1.807) is 0 Å². The predicted molar refractivity (Wildman–Crippen MR) is 94.5 cm³/mol. The molecule has 0 radical (unpaired) electrons.